The number of nitrogens with zero attached hydrogens (tertiary/aromatic N) is 1. The van der Waals surface area contributed by atoms with Crippen LogP contribution in [0.3, 0.4) is 0 Å². The molecule has 2 N–H and O–H groups in total. The summed E-state index contributed by atoms with van der Waals surface area (Å²) in [5.41, 5.74) is 0.915. The normalized spacial score (nSPS) is 17.2. The maximum atomic E-state index is 13.9. The van der Waals surface area contributed by atoms with E-state index in [1.54, 1.807) is 13.0 Å². The van der Waals surface area contributed by atoms with Crippen molar-refractivity contribution in [1.82, 2.24) is 4.72 Å². The molecule has 0 spiro atoms. The molecule has 1 aliphatic heterocycles. The molecular formula is C27H38N2O5S2. The molecule has 1 heterocycles. The zero-order chi connectivity index (χ0) is 26.3. The Kier molecular flexibility index (Phi) is 9.72. The quantitative estimate of drug-likeness (QED) is 0.313. The van der Waals surface area contributed by atoms with Crippen LogP contribution in [0.4, 0.5) is 11.4 Å². The minimum atomic E-state index is -3.89. The van der Waals surface area contributed by atoms with Gasteiger partial charge in [0, 0.05) is 18.3 Å². The first-order chi connectivity index (χ1) is 17.1. The highest BCUT2D eigenvalue weighted by Crippen LogP contribution is 2.44. The molecule has 0 aromatic heterocycles. The van der Waals surface area contributed by atoms with E-state index in [1.165, 1.54) is 11.8 Å². The molecular weight excluding hydrogens is 496 g/mol. The molecule has 9 heteroatoms. The molecule has 198 valence electrons. The average molecular weight is 535 g/mol. The molecule has 2 aromatic carbocycles. The van der Waals surface area contributed by atoms with Gasteiger partial charge in [-0.2, -0.15) is 0 Å². The number of hydrogen-bond acceptors (Lipinski definition) is 6. The van der Waals surface area contributed by atoms with Gasteiger partial charge in [0.05, 0.1) is 22.5 Å². The lowest BCUT2D eigenvalue weighted by atomic mass is 9.87. The molecule has 3 rings (SSSR count). The van der Waals surface area contributed by atoms with Crippen molar-refractivity contribution < 1.29 is 23.1 Å². The van der Waals surface area contributed by atoms with Crippen molar-refractivity contribution in [3.05, 3.63) is 42.5 Å². The Morgan fingerprint density at radius 1 is 1.17 bits per heavy atom. The molecule has 0 saturated carbocycles. The lowest BCUT2D eigenvalue weighted by molar-refractivity contribution is -0.138. The van der Waals surface area contributed by atoms with Crippen molar-refractivity contribution in [3.8, 4) is 5.75 Å². The molecule has 7 nitrogen and oxygen atoms in total. The zero-order valence-corrected chi connectivity index (χ0v) is 23.3. The van der Waals surface area contributed by atoms with Gasteiger partial charge in [0.15, 0.2) is 0 Å². The average Bonchev–Trinajstić information content (AvgIpc) is 2.93. The van der Waals surface area contributed by atoms with Crippen molar-refractivity contribution >= 4 is 39.1 Å². The van der Waals surface area contributed by atoms with Gasteiger partial charge < -0.3 is 14.7 Å². The van der Waals surface area contributed by atoms with Crippen molar-refractivity contribution in [2.75, 3.05) is 17.7 Å². The van der Waals surface area contributed by atoms with Crippen LogP contribution >= 0.6 is 11.8 Å². The number of unbranched alkanes of at least 4 members (excludes halogenated alkanes) is 2. The standard InChI is InChI=1S/C27H38N2O5S2/c1-5-7-14-27(15-8-6-2)19-29(21-12-10-9-11-13-21)22-17-24(35-4)23(34-20(3)16-26(30)31)18-25(22)36(32,33)28-27/h9-13,17-18,20,28H,5-8,14-16,19H2,1-4H3,(H,30,31)/t20-/m0/s1. The van der Waals surface area contributed by atoms with Gasteiger partial charge in [-0.1, -0.05) is 57.7 Å². The predicted octanol–water partition coefficient (Wildman–Crippen LogP) is 6.20. The molecule has 0 amide bonds. The van der Waals surface area contributed by atoms with Crippen LogP contribution in [0.5, 0.6) is 5.75 Å². The van der Waals surface area contributed by atoms with Crippen LogP contribution in [0.25, 0.3) is 0 Å². The molecule has 36 heavy (non-hydrogen) atoms. The van der Waals surface area contributed by atoms with E-state index in [0.717, 1.165) is 49.1 Å². The van der Waals surface area contributed by atoms with E-state index in [2.05, 4.69) is 23.5 Å². The largest absolute Gasteiger partial charge is 0.489 e. The topological polar surface area (TPSA) is 95.9 Å². The monoisotopic (exact) mass is 534 g/mol. The first-order valence-electron chi connectivity index (χ1n) is 12.6. The number of carboxylic acid groups (broad SMARTS) is 1. The maximum Gasteiger partial charge on any atom is 0.307 e. The van der Waals surface area contributed by atoms with E-state index in [4.69, 9.17) is 9.84 Å². The fraction of sp³-hybridized carbons (Fsp3) is 0.519. The third kappa shape index (κ3) is 6.75. The summed E-state index contributed by atoms with van der Waals surface area (Å²) in [5, 5.41) is 9.16. The van der Waals surface area contributed by atoms with Crippen LogP contribution in [-0.2, 0) is 14.8 Å². The van der Waals surface area contributed by atoms with Crippen LogP contribution in [-0.4, -0.2) is 43.9 Å². The number of nitrogens with one attached hydrogen (secondary N) is 1. The number of rotatable bonds is 12. The highest BCUT2D eigenvalue weighted by Gasteiger charge is 2.42. The second-order valence-corrected chi connectivity index (χ2v) is 12.0. The number of anilines is 2. The summed E-state index contributed by atoms with van der Waals surface area (Å²) in [7, 11) is -3.89. The minimum Gasteiger partial charge on any atom is -0.489 e. The van der Waals surface area contributed by atoms with Crippen molar-refractivity contribution in [1.29, 1.82) is 0 Å². The first kappa shape index (κ1) is 28.3. The first-order valence-corrected chi connectivity index (χ1v) is 15.3. The van der Waals surface area contributed by atoms with Gasteiger partial charge in [-0.3, -0.25) is 4.79 Å². The van der Waals surface area contributed by atoms with E-state index >= 15 is 0 Å². The molecule has 0 radical (unpaired) electrons. The Morgan fingerprint density at radius 2 is 1.81 bits per heavy atom. The number of sulfonamides is 1. The van der Waals surface area contributed by atoms with Gasteiger partial charge in [0.25, 0.3) is 0 Å². The Morgan fingerprint density at radius 3 is 2.36 bits per heavy atom. The number of fused-ring (bicyclic) bond motifs is 1. The molecule has 1 atom stereocenters. The number of carbonyl (C=O) groups is 1. The van der Waals surface area contributed by atoms with E-state index in [-0.39, 0.29) is 11.3 Å². The van der Waals surface area contributed by atoms with Crippen LogP contribution in [0.15, 0.2) is 52.3 Å². The van der Waals surface area contributed by atoms with E-state index in [9.17, 15) is 13.2 Å². The third-order valence-electron chi connectivity index (χ3n) is 6.51. The summed E-state index contributed by atoms with van der Waals surface area (Å²) in [6.07, 6.45) is 6.40. The van der Waals surface area contributed by atoms with Crippen LogP contribution in [0.2, 0.25) is 0 Å². The number of hydrogen-bond donors (Lipinski definition) is 2. The maximum absolute atomic E-state index is 13.9. The second kappa shape index (κ2) is 12.3. The SMILES string of the molecule is CCCCC1(CCCC)CN(c2ccccc2)c2cc(SC)c(O[C@@H](C)CC(=O)O)cc2S(=O)(=O)N1. The fourth-order valence-corrected chi connectivity index (χ4v) is 6.92. The highest BCUT2D eigenvalue weighted by molar-refractivity contribution is 7.98. The molecule has 0 unspecified atom stereocenters. The number of carboxylic acids is 1. The minimum absolute atomic E-state index is 0.150. The third-order valence-corrected chi connectivity index (χ3v) is 8.88. The second-order valence-electron chi connectivity index (χ2n) is 9.51. The highest BCUT2D eigenvalue weighted by atomic mass is 32.2. The van der Waals surface area contributed by atoms with Crippen molar-refractivity contribution in [2.45, 2.75) is 87.2 Å². The van der Waals surface area contributed by atoms with E-state index in [1.807, 2.05) is 42.7 Å². The number of para-hydroxylation sites is 1. The Balaban J connectivity index is 2.21. The number of aliphatic carboxylic acids is 1. The summed E-state index contributed by atoms with van der Waals surface area (Å²) in [6.45, 7) is 6.43. The summed E-state index contributed by atoms with van der Waals surface area (Å²) in [6, 6.07) is 13.3. The Hall–Kier alpha value is -2.23. The van der Waals surface area contributed by atoms with Gasteiger partial charge in [0.2, 0.25) is 10.0 Å². The van der Waals surface area contributed by atoms with Gasteiger partial charge in [-0.25, -0.2) is 13.1 Å². The fourth-order valence-electron chi connectivity index (χ4n) is 4.73. The lowest BCUT2D eigenvalue weighted by Gasteiger charge is -2.37. The van der Waals surface area contributed by atoms with Crippen LogP contribution in [0, 0.1) is 0 Å². The van der Waals surface area contributed by atoms with Crippen molar-refractivity contribution in [3.63, 3.8) is 0 Å². The Bertz CT molecular complexity index is 1130. The Labute approximate surface area is 219 Å². The molecule has 0 aliphatic carbocycles. The van der Waals surface area contributed by atoms with E-state index < -0.39 is 27.6 Å². The predicted molar refractivity (Wildman–Crippen MR) is 146 cm³/mol. The molecule has 0 saturated heterocycles. The number of ether oxygens (including phenoxy) is 1. The van der Waals surface area contributed by atoms with Gasteiger partial charge in [-0.05, 0) is 44.2 Å². The molecule has 0 fully saturated rings. The van der Waals surface area contributed by atoms with Gasteiger partial charge >= 0.3 is 5.97 Å². The lowest BCUT2D eigenvalue weighted by Crippen LogP contribution is -2.53. The number of benzene rings is 2. The smallest absolute Gasteiger partial charge is 0.307 e. The summed E-state index contributed by atoms with van der Waals surface area (Å²) in [4.78, 5) is 14.2. The van der Waals surface area contributed by atoms with Crippen LogP contribution in [0.1, 0.15) is 65.7 Å². The zero-order valence-electron chi connectivity index (χ0n) is 21.6. The number of thioether (sulfide) groups is 1. The van der Waals surface area contributed by atoms with Crippen molar-refractivity contribution in [2.24, 2.45) is 0 Å². The van der Waals surface area contributed by atoms with Gasteiger partial charge in [0.1, 0.15) is 16.7 Å². The summed E-state index contributed by atoms with van der Waals surface area (Å²) < 4.78 is 36.9. The van der Waals surface area contributed by atoms with Gasteiger partial charge in [-0.15, -0.1) is 11.8 Å². The molecule has 0 bridgehead atoms. The van der Waals surface area contributed by atoms with E-state index in [0.29, 0.717) is 18.0 Å². The molecule has 2 aromatic rings. The van der Waals surface area contributed by atoms with Crippen LogP contribution < -0.4 is 14.4 Å². The summed E-state index contributed by atoms with van der Waals surface area (Å²) >= 11 is 1.45. The summed E-state index contributed by atoms with van der Waals surface area (Å²) in [5.74, 6) is -0.591. The molecule has 1 aliphatic rings.